The maximum Gasteiger partial charge on any atom is 0.168 e. The predicted molar refractivity (Wildman–Crippen MR) is 95.9 cm³/mol. The standard InChI is InChI=1S/C20H18F4P/c1-13-5-3-4-6-18(13)25(2,19-9-7-14(21)11-16(19)23)20-10-8-15(22)12-17(20)24/h3,5,7-12H,4,6H2,1-2H3/q+1. The minimum absolute atomic E-state index is 0.282. The molecule has 0 fully saturated rings. The number of halogens is 4. The van der Waals surface area contributed by atoms with Gasteiger partial charge in [0.05, 0.1) is 12.0 Å². The molecule has 0 unspecified atom stereocenters. The molecule has 0 N–H and O–H groups in total. The average molecular weight is 365 g/mol. The van der Waals surface area contributed by atoms with Crippen molar-refractivity contribution >= 4 is 17.9 Å². The predicted octanol–water partition coefficient (Wildman–Crippen LogP) is 5.47. The molecule has 2 aromatic carbocycles. The number of hydrogen-bond acceptors (Lipinski definition) is 0. The van der Waals surface area contributed by atoms with E-state index in [0.29, 0.717) is 6.42 Å². The lowest BCUT2D eigenvalue weighted by Crippen LogP contribution is -2.28. The van der Waals surface area contributed by atoms with Crippen LogP contribution in [0.4, 0.5) is 17.6 Å². The van der Waals surface area contributed by atoms with Crippen molar-refractivity contribution in [1.29, 1.82) is 0 Å². The Morgan fingerprint density at radius 3 is 1.80 bits per heavy atom. The van der Waals surface area contributed by atoms with Crippen LogP contribution in [0.1, 0.15) is 19.8 Å². The summed E-state index contributed by atoms with van der Waals surface area (Å²) in [5.74, 6) is -2.76. The Morgan fingerprint density at radius 2 is 1.36 bits per heavy atom. The Bertz CT molecular complexity index is 832. The van der Waals surface area contributed by atoms with Crippen molar-refractivity contribution in [3.63, 3.8) is 0 Å². The van der Waals surface area contributed by atoms with E-state index >= 15 is 0 Å². The highest BCUT2D eigenvalue weighted by Gasteiger charge is 2.47. The summed E-state index contributed by atoms with van der Waals surface area (Å²) < 4.78 is 56.2. The summed E-state index contributed by atoms with van der Waals surface area (Å²) >= 11 is 0. The van der Waals surface area contributed by atoms with Crippen molar-refractivity contribution in [1.82, 2.24) is 0 Å². The van der Waals surface area contributed by atoms with Gasteiger partial charge in [0.25, 0.3) is 0 Å². The maximum atomic E-state index is 14.7. The first-order valence-corrected chi connectivity index (χ1v) is 10.2. The monoisotopic (exact) mass is 365 g/mol. The third-order valence-corrected chi connectivity index (χ3v) is 9.00. The highest BCUT2D eigenvalue weighted by atomic mass is 31.2. The van der Waals surface area contributed by atoms with Crippen LogP contribution in [0.15, 0.2) is 59.4 Å². The smallest absolute Gasteiger partial charge is 0.168 e. The van der Waals surface area contributed by atoms with Gasteiger partial charge in [0.15, 0.2) is 11.6 Å². The Morgan fingerprint density at radius 1 is 0.840 bits per heavy atom. The minimum atomic E-state index is -2.68. The van der Waals surface area contributed by atoms with Crippen molar-refractivity contribution < 1.29 is 17.6 Å². The molecule has 0 bridgehead atoms. The SMILES string of the molecule is CC1=C([P+](C)(c2ccc(F)cc2F)c2ccc(F)cc2F)CCC=C1. The summed E-state index contributed by atoms with van der Waals surface area (Å²) in [4.78, 5) is 0. The van der Waals surface area contributed by atoms with Crippen molar-refractivity contribution in [3.05, 3.63) is 82.7 Å². The molecule has 0 nitrogen and oxygen atoms in total. The van der Waals surface area contributed by atoms with Gasteiger partial charge in [0.1, 0.15) is 29.5 Å². The molecule has 0 amide bonds. The summed E-state index contributed by atoms with van der Waals surface area (Å²) in [6.45, 7) is 3.73. The van der Waals surface area contributed by atoms with Gasteiger partial charge >= 0.3 is 0 Å². The number of hydrogen-bond donors (Lipinski definition) is 0. The van der Waals surface area contributed by atoms with Crippen molar-refractivity contribution in [2.75, 3.05) is 6.66 Å². The molecular formula is C20H18F4P+. The van der Waals surface area contributed by atoms with E-state index in [1.165, 1.54) is 24.3 Å². The zero-order chi connectivity index (χ0) is 18.2. The van der Waals surface area contributed by atoms with Gasteiger partial charge in [-0.1, -0.05) is 12.2 Å². The van der Waals surface area contributed by atoms with Crippen LogP contribution in [0.25, 0.3) is 0 Å². The number of benzene rings is 2. The fourth-order valence-corrected chi connectivity index (χ4v) is 7.38. The Hall–Kier alpha value is -1.93. The van der Waals surface area contributed by atoms with E-state index in [1.54, 1.807) is 0 Å². The topological polar surface area (TPSA) is 0 Å². The van der Waals surface area contributed by atoms with Crippen LogP contribution in [0.5, 0.6) is 0 Å². The van der Waals surface area contributed by atoms with Gasteiger partial charge in [-0.3, -0.25) is 0 Å². The molecule has 130 valence electrons. The molecule has 2 aromatic rings. The van der Waals surface area contributed by atoms with Crippen LogP contribution in [-0.4, -0.2) is 6.66 Å². The zero-order valence-electron chi connectivity index (χ0n) is 14.0. The minimum Gasteiger partial charge on any atom is -0.207 e. The van der Waals surface area contributed by atoms with Crippen molar-refractivity contribution in [2.24, 2.45) is 0 Å². The largest absolute Gasteiger partial charge is 0.207 e. The number of allylic oxidation sites excluding steroid dienone is 4. The van der Waals surface area contributed by atoms with Crippen LogP contribution in [-0.2, 0) is 0 Å². The fourth-order valence-electron chi connectivity index (χ4n) is 3.46. The first-order chi connectivity index (χ1) is 11.8. The molecule has 0 aliphatic heterocycles. The van der Waals surface area contributed by atoms with E-state index in [9.17, 15) is 17.6 Å². The lowest BCUT2D eigenvalue weighted by Gasteiger charge is -2.28. The first kappa shape index (κ1) is 17.9. The van der Waals surface area contributed by atoms with Gasteiger partial charge in [0.2, 0.25) is 0 Å². The highest BCUT2D eigenvalue weighted by molar-refractivity contribution is 7.92. The van der Waals surface area contributed by atoms with Crippen LogP contribution >= 0.6 is 7.26 Å². The molecule has 0 atom stereocenters. The molecule has 25 heavy (non-hydrogen) atoms. The molecule has 0 heterocycles. The third kappa shape index (κ3) is 3.16. The lowest BCUT2D eigenvalue weighted by molar-refractivity contribution is 0.587. The fraction of sp³-hybridized carbons (Fsp3) is 0.200. The maximum absolute atomic E-state index is 14.7. The molecular weight excluding hydrogens is 347 g/mol. The molecule has 0 spiro atoms. The van der Waals surface area contributed by atoms with Gasteiger partial charge in [0, 0.05) is 18.6 Å². The Labute approximate surface area is 145 Å². The molecule has 1 aliphatic carbocycles. The molecule has 0 radical (unpaired) electrons. The van der Waals surface area contributed by atoms with Gasteiger partial charge in [-0.05, 0) is 43.2 Å². The summed E-state index contributed by atoms with van der Waals surface area (Å²) in [7, 11) is -2.68. The molecule has 0 aromatic heterocycles. The van der Waals surface area contributed by atoms with Gasteiger partial charge in [-0.15, -0.1) is 0 Å². The van der Waals surface area contributed by atoms with Gasteiger partial charge in [-0.2, -0.15) is 0 Å². The third-order valence-electron chi connectivity index (χ3n) is 4.69. The normalized spacial score (nSPS) is 15.0. The second-order valence-corrected chi connectivity index (χ2v) is 9.78. The molecule has 0 saturated carbocycles. The quantitative estimate of drug-likeness (QED) is 0.500. The summed E-state index contributed by atoms with van der Waals surface area (Å²) in [5.41, 5.74) is 0.953. The molecule has 5 heteroatoms. The second-order valence-electron chi connectivity index (χ2n) is 6.27. The number of rotatable bonds is 3. The highest BCUT2D eigenvalue weighted by Crippen LogP contribution is 2.64. The molecule has 1 aliphatic rings. The average Bonchev–Trinajstić information content (AvgIpc) is 2.54. The van der Waals surface area contributed by atoms with Crippen LogP contribution in [0.3, 0.4) is 0 Å². The summed E-state index contributed by atoms with van der Waals surface area (Å²) in [6.07, 6.45) is 5.40. The van der Waals surface area contributed by atoms with Gasteiger partial charge in [-0.25, -0.2) is 17.6 Å². The second kappa shape index (κ2) is 6.76. The van der Waals surface area contributed by atoms with E-state index in [1.807, 2.05) is 25.7 Å². The summed E-state index contributed by atoms with van der Waals surface area (Å²) in [6, 6.07) is 6.80. The first-order valence-electron chi connectivity index (χ1n) is 7.98. The van der Waals surface area contributed by atoms with Crippen molar-refractivity contribution in [3.8, 4) is 0 Å². The van der Waals surface area contributed by atoms with Crippen LogP contribution in [0.2, 0.25) is 0 Å². The van der Waals surface area contributed by atoms with E-state index < -0.39 is 30.5 Å². The van der Waals surface area contributed by atoms with E-state index in [0.717, 1.165) is 29.4 Å². The van der Waals surface area contributed by atoms with Crippen LogP contribution < -0.4 is 10.6 Å². The van der Waals surface area contributed by atoms with Crippen LogP contribution in [0, 0.1) is 23.3 Å². The van der Waals surface area contributed by atoms with Crippen molar-refractivity contribution in [2.45, 2.75) is 19.8 Å². The Balaban J connectivity index is 2.34. The molecule has 3 rings (SSSR count). The molecule has 0 saturated heterocycles. The zero-order valence-corrected chi connectivity index (χ0v) is 14.9. The lowest BCUT2D eigenvalue weighted by atomic mass is 10.1. The van der Waals surface area contributed by atoms with E-state index in [2.05, 4.69) is 0 Å². The van der Waals surface area contributed by atoms with E-state index in [4.69, 9.17) is 0 Å². The van der Waals surface area contributed by atoms with E-state index in [-0.39, 0.29) is 10.6 Å². The Kier molecular flexibility index (Phi) is 4.83. The summed E-state index contributed by atoms with van der Waals surface area (Å²) in [5, 5.41) is 1.51. The van der Waals surface area contributed by atoms with Gasteiger partial charge < -0.3 is 0 Å².